The molecular formula is C21H30N4O5S2. The van der Waals surface area contributed by atoms with Gasteiger partial charge in [0.15, 0.2) is 15.6 Å². The molecule has 1 saturated heterocycles. The van der Waals surface area contributed by atoms with Crippen LogP contribution in [0.15, 0.2) is 28.5 Å². The highest BCUT2D eigenvalue weighted by Crippen LogP contribution is 2.31. The highest BCUT2D eigenvalue weighted by Gasteiger charge is 2.32. The van der Waals surface area contributed by atoms with Crippen LogP contribution in [0.1, 0.15) is 31.0 Å². The van der Waals surface area contributed by atoms with Crippen LogP contribution in [-0.4, -0.2) is 63.3 Å². The zero-order valence-electron chi connectivity index (χ0n) is 18.8. The van der Waals surface area contributed by atoms with E-state index in [0.717, 1.165) is 22.6 Å². The lowest BCUT2D eigenvalue weighted by atomic mass is 10.1. The molecule has 1 aliphatic heterocycles. The molecule has 1 aliphatic rings. The van der Waals surface area contributed by atoms with Crippen molar-refractivity contribution in [2.45, 2.75) is 49.7 Å². The maximum absolute atomic E-state index is 13.1. The van der Waals surface area contributed by atoms with E-state index < -0.39 is 10.0 Å². The number of carbonyl (C=O) groups excluding carboxylic acids is 1. The van der Waals surface area contributed by atoms with Crippen molar-refractivity contribution < 1.29 is 22.7 Å². The SMILES string of the molecule is COC(Cc1ccc(NC2CCN(S(=O)(=O)c3sc(NC(C)=O)nc3C)CC2)cc1)OC. The molecule has 9 nitrogen and oxygen atoms in total. The number of sulfonamides is 1. The van der Waals surface area contributed by atoms with E-state index in [1.807, 2.05) is 24.3 Å². The fraction of sp³-hybridized carbons (Fsp3) is 0.524. The van der Waals surface area contributed by atoms with Crippen LogP contribution in [0.5, 0.6) is 0 Å². The van der Waals surface area contributed by atoms with Crippen molar-refractivity contribution in [3.63, 3.8) is 0 Å². The molecule has 0 spiro atoms. The van der Waals surface area contributed by atoms with Gasteiger partial charge in [-0.25, -0.2) is 13.4 Å². The largest absolute Gasteiger partial charge is 0.382 e. The van der Waals surface area contributed by atoms with Crippen LogP contribution in [0.3, 0.4) is 0 Å². The molecule has 3 rings (SSSR count). The summed E-state index contributed by atoms with van der Waals surface area (Å²) in [6, 6.07) is 8.30. The van der Waals surface area contributed by atoms with Gasteiger partial charge < -0.3 is 20.1 Å². The number of carbonyl (C=O) groups is 1. The number of thiazole rings is 1. The molecule has 1 amide bonds. The van der Waals surface area contributed by atoms with Gasteiger partial charge in [0.05, 0.1) is 5.69 Å². The van der Waals surface area contributed by atoms with Crippen LogP contribution in [0.2, 0.25) is 0 Å². The Hall–Kier alpha value is -2.05. The Balaban J connectivity index is 1.57. The molecule has 1 fully saturated rings. The number of nitrogens with zero attached hydrogens (tertiary/aromatic N) is 2. The molecular weight excluding hydrogens is 452 g/mol. The molecule has 2 N–H and O–H groups in total. The highest BCUT2D eigenvalue weighted by molar-refractivity contribution is 7.91. The van der Waals surface area contributed by atoms with Gasteiger partial charge in [0.25, 0.3) is 10.0 Å². The van der Waals surface area contributed by atoms with Gasteiger partial charge in [0.2, 0.25) is 5.91 Å². The summed E-state index contributed by atoms with van der Waals surface area (Å²) in [5, 5.41) is 6.36. The lowest BCUT2D eigenvalue weighted by Gasteiger charge is -2.31. The number of nitrogens with one attached hydrogen (secondary N) is 2. The lowest BCUT2D eigenvalue weighted by molar-refractivity contribution is -0.114. The van der Waals surface area contributed by atoms with Crippen molar-refractivity contribution in [3.8, 4) is 0 Å². The summed E-state index contributed by atoms with van der Waals surface area (Å²) in [5.74, 6) is -0.278. The number of rotatable bonds is 9. The molecule has 176 valence electrons. The molecule has 0 bridgehead atoms. The summed E-state index contributed by atoms with van der Waals surface area (Å²) >= 11 is 0.994. The predicted octanol–water partition coefficient (Wildman–Crippen LogP) is 2.84. The second kappa shape index (κ2) is 10.7. The molecule has 32 heavy (non-hydrogen) atoms. The number of ether oxygens (including phenoxy) is 2. The number of anilines is 2. The van der Waals surface area contributed by atoms with Gasteiger partial charge in [-0.2, -0.15) is 4.31 Å². The van der Waals surface area contributed by atoms with Gasteiger partial charge >= 0.3 is 0 Å². The fourth-order valence-electron chi connectivity index (χ4n) is 3.61. The van der Waals surface area contributed by atoms with Crippen molar-refractivity contribution in [1.82, 2.24) is 9.29 Å². The number of benzene rings is 1. The van der Waals surface area contributed by atoms with E-state index in [0.29, 0.717) is 43.2 Å². The lowest BCUT2D eigenvalue weighted by Crippen LogP contribution is -2.42. The van der Waals surface area contributed by atoms with E-state index >= 15 is 0 Å². The molecule has 0 atom stereocenters. The minimum Gasteiger partial charge on any atom is -0.382 e. The molecule has 1 aromatic heterocycles. The number of hydrogen-bond donors (Lipinski definition) is 2. The topological polar surface area (TPSA) is 110 Å². The van der Waals surface area contributed by atoms with E-state index in [2.05, 4.69) is 15.6 Å². The Morgan fingerprint density at radius 2 is 1.84 bits per heavy atom. The first-order chi connectivity index (χ1) is 15.2. The number of piperidine rings is 1. The van der Waals surface area contributed by atoms with Gasteiger partial charge in [-0.15, -0.1) is 0 Å². The minimum atomic E-state index is -3.64. The molecule has 11 heteroatoms. The van der Waals surface area contributed by atoms with Crippen molar-refractivity contribution in [2.75, 3.05) is 37.9 Å². The average molecular weight is 483 g/mol. The second-order valence-corrected chi connectivity index (χ2v) is 10.8. The van der Waals surface area contributed by atoms with E-state index in [9.17, 15) is 13.2 Å². The summed E-state index contributed by atoms with van der Waals surface area (Å²) in [6.07, 6.45) is 1.81. The highest BCUT2D eigenvalue weighted by atomic mass is 32.2. The maximum Gasteiger partial charge on any atom is 0.254 e. The quantitative estimate of drug-likeness (QED) is 0.529. The third-order valence-electron chi connectivity index (χ3n) is 5.32. The predicted molar refractivity (Wildman–Crippen MR) is 125 cm³/mol. The van der Waals surface area contributed by atoms with Gasteiger partial charge in [-0.05, 0) is 37.5 Å². The van der Waals surface area contributed by atoms with Crippen molar-refractivity contribution in [1.29, 1.82) is 0 Å². The first-order valence-electron chi connectivity index (χ1n) is 10.4. The Kier molecular flexibility index (Phi) is 8.23. The molecule has 1 aromatic carbocycles. The first kappa shape index (κ1) is 24.6. The minimum absolute atomic E-state index is 0.189. The third-order valence-corrected chi connectivity index (χ3v) is 8.88. The second-order valence-electron chi connectivity index (χ2n) is 7.70. The fourth-order valence-corrected chi connectivity index (χ4v) is 6.68. The van der Waals surface area contributed by atoms with Gasteiger partial charge in [-0.3, -0.25) is 4.79 Å². The normalized spacial score (nSPS) is 15.8. The summed E-state index contributed by atoms with van der Waals surface area (Å²) in [6.45, 7) is 3.86. The first-order valence-corrected chi connectivity index (χ1v) is 12.6. The summed E-state index contributed by atoms with van der Waals surface area (Å²) in [4.78, 5) is 15.4. The summed E-state index contributed by atoms with van der Waals surface area (Å²) in [5.41, 5.74) is 2.52. The van der Waals surface area contributed by atoms with E-state index in [1.54, 1.807) is 21.1 Å². The van der Waals surface area contributed by atoms with Gasteiger partial charge in [0, 0.05) is 52.4 Å². The Morgan fingerprint density at radius 3 is 2.41 bits per heavy atom. The number of hydrogen-bond acceptors (Lipinski definition) is 8. The number of amides is 1. The van der Waals surface area contributed by atoms with E-state index in [1.165, 1.54) is 11.2 Å². The average Bonchev–Trinajstić information content (AvgIpc) is 3.13. The van der Waals surface area contributed by atoms with Crippen LogP contribution in [-0.2, 0) is 30.7 Å². The standard InChI is InChI=1S/C21H30N4O5S2/c1-14-20(31-21(22-14)23-15(2)26)32(27,28)25-11-9-18(10-12-25)24-17-7-5-16(6-8-17)13-19(29-3)30-4/h5-8,18-19,24H,9-13H2,1-4H3,(H,22,23,26). The molecule has 2 heterocycles. The molecule has 0 radical (unpaired) electrons. The van der Waals surface area contributed by atoms with Crippen LogP contribution in [0.25, 0.3) is 0 Å². The molecule has 2 aromatic rings. The zero-order valence-corrected chi connectivity index (χ0v) is 20.4. The van der Waals surface area contributed by atoms with Crippen LogP contribution in [0, 0.1) is 6.92 Å². The van der Waals surface area contributed by atoms with Crippen molar-refractivity contribution in [3.05, 3.63) is 35.5 Å². The molecule has 0 unspecified atom stereocenters. The molecule has 0 saturated carbocycles. The summed E-state index contributed by atoms with van der Waals surface area (Å²) in [7, 11) is -0.400. The smallest absolute Gasteiger partial charge is 0.254 e. The number of aromatic nitrogens is 1. The van der Waals surface area contributed by atoms with E-state index in [-0.39, 0.29) is 22.4 Å². The Labute approximate surface area is 193 Å². The van der Waals surface area contributed by atoms with Gasteiger partial charge in [0.1, 0.15) is 0 Å². The maximum atomic E-state index is 13.1. The van der Waals surface area contributed by atoms with Crippen LogP contribution < -0.4 is 10.6 Å². The van der Waals surface area contributed by atoms with Crippen molar-refractivity contribution in [2.24, 2.45) is 0 Å². The number of methoxy groups -OCH3 is 2. The number of aryl methyl sites for hydroxylation is 1. The van der Waals surface area contributed by atoms with Gasteiger partial charge in [-0.1, -0.05) is 23.5 Å². The molecule has 0 aliphatic carbocycles. The van der Waals surface area contributed by atoms with Crippen LogP contribution in [0.4, 0.5) is 10.8 Å². The summed E-state index contributed by atoms with van der Waals surface area (Å²) < 4.78 is 38.3. The Morgan fingerprint density at radius 1 is 1.22 bits per heavy atom. The van der Waals surface area contributed by atoms with E-state index in [4.69, 9.17) is 9.47 Å². The monoisotopic (exact) mass is 482 g/mol. The zero-order chi connectivity index (χ0) is 23.3. The van der Waals surface area contributed by atoms with Crippen molar-refractivity contribution >= 4 is 38.1 Å². The Bertz CT molecular complexity index is 1010. The van der Waals surface area contributed by atoms with Crippen LogP contribution >= 0.6 is 11.3 Å². The third kappa shape index (κ3) is 6.04.